The van der Waals surface area contributed by atoms with E-state index < -0.39 is 38.8 Å². The molecule has 0 aliphatic carbocycles. The van der Waals surface area contributed by atoms with Gasteiger partial charge in [0.15, 0.2) is 10.8 Å². The van der Waals surface area contributed by atoms with E-state index in [1.54, 1.807) is 18.2 Å². The maximum Gasteiger partial charge on any atom is 0.317 e. The Kier molecular flexibility index (Phi) is 9.63. The van der Waals surface area contributed by atoms with Crippen LogP contribution in [0, 0.1) is 11.3 Å². The summed E-state index contributed by atoms with van der Waals surface area (Å²) < 4.78 is 35.1. The fourth-order valence-electron chi connectivity index (χ4n) is 6.38. The van der Waals surface area contributed by atoms with E-state index in [9.17, 15) is 18.0 Å². The quantitative estimate of drug-likeness (QED) is 0.138. The number of hydrogen-bond donors (Lipinski definition) is 2. The number of nitrogens with zero attached hydrogens (tertiary/aromatic N) is 1. The van der Waals surface area contributed by atoms with E-state index >= 15 is 0 Å². The molecule has 240 valence electrons. The van der Waals surface area contributed by atoms with Crippen molar-refractivity contribution in [3.8, 4) is 0 Å². The van der Waals surface area contributed by atoms with Crippen LogP contribution in [0.1, 0.15) is 62.6 Å². The van der Waals surface area contributed by atoms with E-state index in [1.165, 1.54) is 18.3 Å². The van der Waals surface area contributed by atoms with Gasteiger partial charge in [-0.3, -0.25) is 14.3 Å². The molecule has 1 fully saturated rings. The normalized spacial score (nSPS) is 17.2. The van der Waals surface area contributed by atoms with Gasteiger partial charge in [-0.1, -0.05) is 93.6 Å². The summed E-state index contributed by atoms with van der Waals surface area (Å²) in [5.74, 6) is -2.29. The second-order valence-electron chi connectivity index (χ2n) is 13.2. The van der Waals surface area contributed by atoms with Gasteiger partial charge in [0, 0.05) is 18.0 Å². The molecule has 1 aromatic heterocycles. The van der Waals surface area contributed by atoms with Crippen LogP contribution in [0.2, 0.25) is 0 Å². The van der Waals surface area contributed by atoms with E-state index in [1.807, 2.05) is 87.5 Å². The first-order valence-corrected chi connectivity index (χ1v) is 17.0. The molecule has 8 nitrogen and oxygen atoms in total. The third-order valence-corrected chi connectivity index (χ3v) is 9.93. The van der Waals surface area contributed by atoms with Gasteiger partial charge in [0.25, 0.3) is 10.0 Å². The number of anilines is 2. The number of carbonyl (C=O) groups excluding carboxylic acids is 2. The SMILES string of the molecule is CC(C)(C)[C@H](c1cccc(NS(=O)(=O)c2ccc(N)cn2)c1)C1C(=O)CC(CCc2ccccc2)(CCc2ccccc2)OC1=O. The van der Waals surface area contributed by atoms with E-state index in [0.717, 1.165) is 11.1 Å². The molecule has 0 amide bonds. The highest BCUT2D eigenvalue weighted by atomic mass is 32.2. The summed E-state index contributed by atoms with van der Waals surface area (Å²) in [5.41, 5.74) is 7.75. The van der Waals surface area contributed by atoms with Gasteiger partial charge in [0.2, 0.25) is 0 Å². The zero-order chi connectivity index (χ0) is 33.0. The van der Waals surface area contributed by atoms with E-state index in [2.05, 4.69) is 9.71 Å². The Morgan fingerprint density at radius 3 is 2.02 bits per heavy atom. The Morgan fingerprint density at radius 1 is 0.891 bits per heavy atom. The fraction of sp³-hybridized carbons (Fsp3) is 0.324. The Morgan fingerprint density at radius 2 is 1.50 bits per heavy atom. The lowest BCUT2D eigenvalue weighted by atomic mass is 9.65. The van der Waals surface area contributed by atoms with Crippen molar-refractivity contribution >= 4 is 33.2 Å². The zero-order valence-electron chi connectivity index (χ0n) is 26.5. The van der Waals surface area contributed by atoms with Gasteiger partial charge >= 0.3 is 5.97 Å². The van der Waals surface area contributed by atoms with Crippen LogP contribution in [0.5, 0.6) is 0 Å². The topological polar surface area (TPSA) is 128 Å². The summed E-state index contributed by atoms with van der Waals surface area (Å²) >= 11 is 0. The van der Waals surface area contributed by atoms with Crippen LogP contribution in [-0.2, 0) is 37.2 Å². The highest BCUT2D eigenvalue weighted by Gasteiger charge is 2.51. The average Bonchev–Trinajstić information content (AvgIpc) is 3.01. The molecule has 0 radical (unpaired) electrons. The number of rotatable bonds is 11. The smallest absolute Gasteiger partial charge is 0.317 e. The number of benzene rings is 3. The molecule has 1 aliphatic heterocycles. The lowest BCUT2D eigenvalue weighted by Gasteiger charge is -2.44. The first-order chi connectivity index (χ1) is 21.9. The summed E-state index contributed by atoms with van der Waals surface area (Å²) in [6, 6.07) is 29.6. The number of aromatic nitrogens is 1. The molecule has 2 heterocycles. The summed E-state index contributed by atoms with van der Waals surface area (Å²) in [6.45, 7) is 5.92. The molecule has 3 N–H and O–H groups in total. The largest absolute Gasteiger partial charge is 0.458 e. The standard InChI is InChI=1S/C37H41N3O5S/c1-36(2,3)34(28-15-10-16-30(23-28)40-46(43,44)32-18-17-29(38)25-39-32)33-31(41)24-37(45-35(33)42,21-19-26-11-6-4-7-12-26)22-20-27-13-8-5-9-14-27/h4-18,23,25,33-34,40H,19-22,24,38H2,1-3H3/t33?,34-/m1/s1. The summed E-state index contributed by atoms with van der Waals surface area (Å²) in [4.78, 5) is 32.2. The van der Waals surface area contributed by atoms with Crippen molar-refractivity contribution in [2.75, 3.05) is 10.5 Å². The highest BCUT2D eigenvalue weighted by Crippen LogP contribution is 2.47. The van der Waals surface area contributed by atoms with E-state index in [-0.39, 0.29) is 17.2 Å². The molecule has 0 bridgehead atoms. The number of hydrogen-bond acceptors (Lipinski definition) is 7. The van der Waals surface area contributed by atoms with Crippen molar-refractivity contribution in [1.82, 2.24) is 4.98 Å². The highest BCUT2D eigenvalue weighted by molar-refractivity contribution is 7.92. The number of aryl methyl sites for hydroxylation is 2. The number of Topliss-reactive ketones (excluding diaryl/α,β-unsaturated/α-hetero) is 1. The number of esters is 1. The van der Waals surface area contributed by atoms with E-state index in [0.29, 0.717) is 42.6 Å². The van der Waals surface area contributed by atoms with E-state index in [4.69, 9.17) is 10.5 Å². The molecule has 1 aliphatic rings. The fourth-order valence-corrected chi connectivity index (χ4v) is 7.36. The molecular weight excluding hydrogens is 598 g/mol. The number of ketones is 1. The van der Waals surface area contributed by atoms with Crippen LogP contribution in [0.15, 0.2) is 108 Å². The molecule has 0 saturated carbocycles. The molecule has 46 heavy (non-hydrogen) atoms. The number of sulfonamides is 1. The van der Waals surface area contributed by atoms with Gasteiger partial charge in [0.05, 0.1) is 11.9 Å². The predicted molar refractivity (Wildman–Crippen MR) is 180 cm³/mol. The summed E-state index contributed by atoms with van der Waals surface area (Å²) in [5, 5.41) is -0.173. The van der Waals surface area contributed by atoms with Crippen LogP contribution in [0.25, 0.3) is 0 Å². The van der Waals surface area contributed by atoms with Crippen molar-refractivity contribution in [2.45, 2.75) is 69.4 Å². The molecule has 4 aromatic rings. The Bertz CT molecular complexity index is 1710. The number of nitrogens with one attached hydrogen (secondary N) is 1. The van der Waals surface area contributed by atoms with Gasteiger partial charge in [-0.15, -0.1) is 0 Å². The van der Waals surface area contributed by atoms with Gasteiger partial charge in [-0.25, -0.2) is 4.98 Å². The maximum absolute atomic E-state index is 14.2. The number of nitrogen functional groups attached to an aromatic ring is 1. The van der Waals surface area contributed by atoms with Gasteiger partial charge in [-0.05, 0) is 72.1 Å². The monoisotopic (exact) mass is 639 g/mol. The predicted octanol–water partition coefficient (Wildman–Crippen LogP) is 6.73. The van der Waals surface area contributed by atoms with Gasteiger partial charge in [-0.2, -0.15) is 8.42 Å². The van der Waals surface area contributed by atoms with Gasteiger partial charge < -0.3 is 10.5 Å². The van der Waals surface area contributed by atoms with Gasteiger partial charge in [0.1, 0.15) is 11.5 Å². The van der Waals surface area contributed by atoms with Crippen molar-refractivity contribution in [1.29, 1.82) is 0 Å². The van der Waals surface area contributed by atoms with Crippen LogP contribution in [0.3, 0.4) is 0 Å². The second-order valence-corrected chi connectivity index (χ2v) is 14.8. The van der Waals surface area contributed by atoms with Crippen molar-refractivity contribution in [2.24, 2.45) is 11.3 Å². The minimum Gasteiger partial charge on any atom is -0.458 e. The average molecular weight is 640 g/mol. The lowest BCUT2D eigenvalue weighted by Crippen LogP contribution is -2.51. The Balaban J connectivity index is 1.42. The maximum atomic E-state index is 14.2. The molecule has 9 heteroatoms. The first kappa shape index (κ1) is 32.9. The second kappa shape index (κ2) is 13.5. The minimum atomic E-state index is -4.00. The van der Waals surface area contributed by atoms with Crippen LogP contribution < -0.4 is 10.5 Å². The number of nitrogens with two attached hydrogens (primary N) is 1. The third kappa shape index (κ3) is 7.83. The molecule has 1 unspecified atom stereocenters. The number of pyridine rings is 1. The third-order valence-electron chi connectivity index (χ3n) is 8.64. The minimum absolute atomic E-state index is 0.116. The molecule has 0 spiro atoms. The molecule has 3 aromatic carbocycles. The molecule has 1 saturated heterocycles. The number of ether oxygens (including phenoxy) is 1. The summed E-state index contributed by atoms with van der Waals surface area (Å²) in [6.07, 6.45) is 3.81. The number of carbonyl (C=O) groups is 2. The van der Waals surface area contributed by atoms with Crippen LogP contribution in [0.4, 0.5) is 11.4 Å². The molecular formula is C37H41N3O5S. The molecule has 2 atom stereocenters. The van der Waals surface area contributed by atoms with Crippen LogP contribution in [-0.4, -0.2) is 30.8 Å². The molecule has 5 rings (SSSR count). The van der Waals surface area contributed by atoms with Crippen molar-refractivity contribution < 1.29 is 22.7 Å². The van der Waals surface area contributed by atoms with Crippen molar-refractivity contribution in [3.05, 3.63) is 120 Å². The Hall–Kier alpha value is -4.50. The lowest BCUT2D eigenvalue weighted by molar-refractivity contribution is -0.181. The summed E-state index contributed by atoms with van der Waals surface area (Å²) in [7, 11) is -4.00. The Labute approximate surface area is 271 Å². The number of cyclic esters (lactones) is 1. The first-order valence-electron chi connectivity index (χ1n) is 15.5. The zero-order valence-corrected chi connectivity index (χ0v) is 27.3. The van der Waals surface area contributed by atoms with Crippen molar-refractivity contribution in [3.63, 3.8) is 0 Å². The van der Waals surface area contributed by atoms with Crippen LogP contribution >= 0.6 is 0 Å².